The summed E-state index contributed by atoms with van der Waals surface area (Å²) in [5.41, 5.74) is 0.783. The largest absolute Gasteiger partial charge is 0.348 e. The summed E-state index contributed by atoms with van der Waals surface area (Å²) in [6.07, 6.45) is 4.20. The van der Waals surface area contributed by atoms with Gasteiger partial charge in [0.25, 0.3) is 5.91 Å². The molecule has 1 amide bonds. The van der Waals surface area contributed by atoms with Crippen LogP contribution in [0.3, 0.4) is 0 Å². The number of carbonyl (C=O) groups excluding carboxylic acids is 1. The number of piperidine rings is 1. The van der Waals surface area contributed by atoms with Gasteiger partial charge in [-0.2, -0.15) is 0 Å². The first-order chi connectivity index (χ1) is 8.31. The van der Waals surface area contributed by atoms with Crippen LogP contribution in [0.15, 0.2) is 29.2 Å². The van der Waals surface area contributed by atoms with E-state index in [9.17, 15) is 4.79 Å². The van der Waals surface area contributed by atoms with Crippen LogP contribution in [0.1, 0.15) is 23.2 Å². The first-order valence-corrected chi connectivity index (χ1v) is 7.18. The fourth-order valence-electron chi connectivity index (χ4n) is 2.07. The molecule has 1 atom stereocenters. The van der Waals surface area contributed by atoms with Crippen LogP contribution < -0.4 is 10.6 Å². The van der Waals surface area contributed by atoms with E-state index in [0.717, 1.165) is 36.4 Å². The lowest BCUT2D eigenvalue weighted by Crippen LogP contribution is -2.45. The van der Waals surface area contributed by atoms with Gasteiger partial charge in [-0.3, -0.25) is 4.79 Å². The van der Waals surface area contributed by atoms with Gasteiger partial charge in [0.05, 0.1) is 5.56 Å². The highest BCUT2D eigenvalue weighted by Crippen LogP contribution is 2.19. The lowest BCUT2D eigenvalue weighted by atomic mass is 10.1. The maximum absolute atomic E-state index is 12.1. The molecule has 1 fully saturated rings. The van der Waals surface area contributed by atoms with Gasteiger partial charge < -0.3 is 10.6 Å². The Hall–Kier alpha value is -0.710. The summed E-state index contributed by atoms with van der Waals surface area (Å²) in [5, 5.41) is 6.40. The first-order valence-electron chi connectivity index (χ1n) is 5.96. The van der Waals surface area contributed by atoms with E-state index in [1.54, 1.807) is 11.8 Å². The first kappa shape index (κ1) is 15.3. The van der Waals surface area contributed by atoms with Gasteiger partial charge in [-0.1, -0.05) is 12.1 Å². The SMILES string of the molecule is CSc1ccccc1C(=O)N[C@@H]1CCCNC1.Cl. The minimum Gasteiger partial charge on any atom is -0.348 e. The van der Waals surface area contributed by atoms with Crippen LogP contribution >= 0.6 is 24.2 Å². The van der Waals surface area contributed by atoms with Gasteiger partial charge in [-0.25, -0.2) is 0 Å². The molecule has 3 nitrogen and oxygen atoms in total. The van der Waals surface area contributed by atoms with Gasteiger partial charge in [0, 0.05) is 17.5 Å². The number of rotatable bonds is 3. The van der Waals surface area contributed by atoms with Gasteiger partial charge in [0.2, 0.25) is 0 Å². The second-order valence-corrected chi connectivity index (χ2v) is 5.07. The molecule has 1 saturated heterocycles. The second kappa shape index (κ2) is 7.67. The van der Waals surface area contributed by atoms with Crippen LogP contribution in [0.5, 0.6) is 0 Å². The molecular weight excluding hydrogens is 268 g/mol. The molecular formula is C13H19ClN2OS. The molecule has 2 rings (SSSR count). The number of carbonyl (C=O) groups is 1. The van der Waals surface area contributed by atoms with Crippen molar-refractivity contribution in [2.75, 3.05) is 19.3 Å². The molecule has 0 unspecified atom stereocenters. The third kappa shape index (κ3) is 3.90. The van der Waals surface area contributed by atoms with Crippen LogP contribution in [0.4, 0.5) is 0 Å². The Morgan fingerprint density at radius 2 is 2.22 bits per heavy atom. The average Bonchev–Trinajstić information content (AvgIpc) is 2.40. The minimum absolute atomic E-state index is 0. The van der Waals surface area contributed by atoms with Crippen LogP contribution in [-0.2, 0) is 0 Å². The molecule has 0 radical (unpaired) electrons. The number of halogens is 1. The fraction of sp³-hybridized carbons (Fsp3) is 0.462. The zero-order valence-electron chi connectivity index (χ0n) is 10.4. The van der Waals surface area contributed by atoms with E-state index in [0.29, 0.717) is 0 Å². The van der Waals surface area contributed by atoms with Crippen molar-refractivity contribution in [1.82, 2.24) is 10.6 Å². The van der Waals surface area contributed by atoms with Gasteiger partial charge in [0.15, 0.2) is 0 Å². The summed E-state index contributed by atoms with van der Waals surface area (Å²) >= 11 is 1.61. The molecule has 100 valence electrons. The Bertz CT molecular complexity index is 394. The number of amides is 1. The topological polar surface area (TPSA) is 41.1 Å². The van der Waals surface area contributed by atoms with Crippen molar-refractivity contribution in [3.05, 3.63) is 29.8 Å². The molecule has 1 aliphatic heterocycles. The van der Waals surface area contributed by atoms with Crippen molar-refractivity contribution in [2.45, 2.75) is 23.8 Å². The number of nitrogens with one attached hydrogen (secondary N) is 2. The van der Waals surface area contributed by atoms with E-state index in [1.807, 2.05) is 30.5 Å². The fourth-order valence-corrected chi connectivity index (χ4v) is 2.67. The maximum atomic E-state index is 12.1. The standard InChI is InChI=1S/C13H18N2OS.ClH/c1-17-12-7-3-2-6-11(12)13(16)15-10-5-4-8-14-9-10;/h2-3,6-7,10,14H,4-5,8-9H2,1H3,(H,15,16);1H/t10-;/m1./s1. The molecule has 1 aliphatic rings. The van der Waals surface area contributed by atoms with E-state index >= 15 is 0 Å². The van der Waals surface area contributed by atoms with Crippen molar-refractivity contribution in [1.29, 1.82) is 0 Å². The third-order valence-electron chi connectivity index (χ3n) is 2.98. The number of benzene rings is 1. The molecule has 1 heterocycles. The molecule has 5 heteroatoms. The predicted molar refractivity (Wildman–Crippen MR) is 78.8 cm³/mol. The van der Waals surface area contributed by atoms with Crippen molar-refractivity contribution < 1.29 is 4.79 Å². The van der Waals surface area contributed by atoms with Crippen molar-refractivity contribution in [2.24, 2.45) is 0 Å². The zero-order chi connectivity index (χ0) is 12.1. The average molecular weight is 287 g/mol. The summed E-state index contributed by atoms with van der Waals surface area (Å²) in [6.45, 7) is 1.95. The highest BCUT2D eigenvalue weighted by molar-refractivity contribution is 7.98. The zero-order valence-corrected chi connectivity index (χ0v) is 12.1. The molecule has 0 spiro atoms. The molecule has 0 aromatic heterocycles. The van der Waals surface area contributed by atoms with Crippen LogP contribution in [0.2, 0.25) is 0 Å². The molecule has 2 N–H and O–H groups in total. The lowest BCUT2D eigenvalue weighted by molar-refractivity contribution is 0.0927. The van der Waals surface area contributed by atoms with E-state index < -0.39 is 0 Å². The number of hydrogen-bond acceptors (Lipinski definition) is 3. The van der Waals surface area contributed by atoms with Crippen LogP contribution in [-0.4, -0.2) is 31.3 Å². The normalized spacial score (nSPS) is 18.8. The van der Waals surface area contributed by atoms with E-state index in [4.69, 9.17) is 0 Å². The van der Waals surface area contributed by atoms with Crippen LogP contribution in [0.25, 0.3) is 0 Å². The molecule has 1 aromatic rings. The summed E-state index contributed by atoms with van der Waals surface area (Å²) < 4.78 is 0. The number of hydrogen-bond donors (Lipinski definition) is 2. The molecule has 0 saturated carbocycles. The summed E-state index contributed by atoms with van der Waals surface area (Å²) in [4.78, 5) is 13.2. The van der Waals surface area contributed by atoms with E-state index in [2.05, 4.69) is 10.6 Å². The molecule has 0 bridgehead atoms. The van der Waals surface area contributed by atoms with Gasteiger partial charge in [0.1, 0.15) is 0 Å². The molecule has 18 heavy (non-hydrogen) atoms. The Morgan fingerprint density at radius 1 is 1.44 bits per heavy atom. The monoisotopic (exact) mass is 286 g/mol. The van der Waals surface area contributed by atoms with Crippen LogP contribution in [0, 0.1) is 0 Å². The highest BCUT2D eigenvalue weighted by atomic mass is 35.5. The molecule has 1 aromatic carbocycles. The Balaban J connectivity index is 0.00000162. The van der Waals surface area contributed by atoms with Gasteiger partial charge >= 0.3 is 0 Å². The van der Waals surface area contributed by atoms with Crippen molar-refractivity contribution in [3.63, 3.8) is 0 Å². The van der Waals surface area contributed by atoms with Gasteiger partial charge in [-0.05, 0) is 37.8 Å². The van der Waals surface area contributed by atoms with E-state index in [-0.39, 0.29) is 24.4 Å². The summed E-state index contributed by atoms with van der Waals surface area (Å²) in [7, 11) is 0. The highest BCUT2D eigenvalue weighted by Gasteiger charge is 2.17. The summed E-state index contributed by atoms with van der Waals surface area (Å²) in [6, 6.07) is 8.01. The summed E-state index contributed by atoms with van der Waals surface area (Å²) in [5.74, 6) is 0.0450. The quantitative estimate of drug-likeness (QED) is 0.838. The lowest BCUT2D eigenvalue weighted by Gasteiger charge is -2.24. The second-order valence-electron chi connectivity index (χ2n) is 4.22. The van der Waals surface area contributed by atoms with Crippen molar-refractivity contribution in [3.8, 4) is 0 Å². The Labute approximate surface area is 119 Å². The third-order valence-corrected chi connectivity index (χ3v) is 3.78. The smallest absolute Gasteiger partial charge is 0.252 e. The minimum atomic E-state index is 0. The Morgan fingerprint density at radius 3 is 2.89 bits per heavy atom. The molecule has 0 aliphatic carbocycles. The Kier molecular flexibility index (Phi) is 6.54. The van der Waals surface area contributed by atoms with E-state index in [1.165, 1.54) is 0 Å². The van der Waals surface area contributed by atoms with Crippen molar-refractivity contribution >= 4 is 30.1 Å². The predicted octanol–water partition coefficient (Wildman–Crippen LogP) is 2.31. The number of thioether (sulfide) groups is 1. The van der Waals surface area contributed by atoms with Gasteiger partial charge in [-0.15, -0.1) is 24.2 Å². The maximum Gasteiger partial charge on any atom is 0.252 e.